The molecule has 0 radical (unpaired) electrons. The minimum absolute atomic E-state index is 0.0196. The summed E-state index contributed by atoms with van der Waals surface area (Å²) in [4.78, 5) is 14.9. The second-order valence-corrected chi connectivity index (χ2v) is 10.7. The molecule has 3 unspecified atom stereocenters. The summed E-state index contributed by atoms with van der Waals surface area (Å²) < 4.78 is 40.3. The van der Waals surface area contributed by atoms with Crippen LogP contribution in [0.15, 0.2) is 53.4 Å². The van der Waals surface area contributed by atoms with Crippen molar-refractivity contribution in [2.24, 2.45) is 11.8 Å². The van der Waals surface area contributed by atoms with Crippen molar-refractivity contribution in [2.45, 2.75) is 44.6 Å². The first-order valence-electron chi connectivity index (χ1n) is 11.0. The minimum Gasteiger partial charge on any atom is -0.352 e. The number of nitrogens with zero attached hydrogens (tertiary/aromatic N) is 1. The number of hydrogen-bond donors (Lipinski definition) is 2. The van der Waals surface area contributed by atoms with E-state index in [0.717, 1.165) is 37.3 Å². The molecule has 2 aromatic carbocycles. The van der Waals surface area contributed by atoms with E-state index in [1.807, 2.05) is 6.92 Å². The fraction of sp³-hybridized carbons (Fsp3) is 0.458. The lowest BCUT2D eigenvalue weighted by atomic mass is 9.92. The second-order valence-electron chi connectivity index (χ2n) is 9.07. The molecule has 2 aromatic rings. The Labute approximate surface area is 190 Å². The number of likely N-dealkylation sites (tertiary alicyclic amines) is 1. The van der Waals surface area contributed by atoms with Crippen LogP contribution in [0.3, 0.4) is 0 Å². The predicted octanol–water partition coefficient (Wildman–Crippen LogP) is 3.65. The number of hydrogen-bond acceptors (Lipinski definition) is 4. The third kappa shape index (κ3) is 7.03. The number of rotatable bonds is 8. The summed E-state index contributed by atoms with van der Waals surface area (Å²) in [6.45, 7) is 9.55. The van der Waals surface area contributed by atoms with Gasteiger partial charge in [-0.3, -0.25) is 9.52 Å². The van der Waals surface area contributed by atoms with E-state index in [2.05, 4.69) is 28.8 Å². The summed E-state index contributed by atoms with van der Waals surface area (Å²) in [5.74, 6) is 0.803. The lowest BCUT2D eigenvalue weighted by molar-refractivity contribution is -0.121. The Morgan fingerprint density at radius 1 is 1.06 bits per heavy atom. The van der Waals surface area contributed by atoms with E-state index < -0.39 is 15.8 Å². The first-order chi connectivity index (χ1) is 15.1. The third-order valence-corrected chi connectivity index (χ3v) is 6.98. The van der Waals surface area contributed by atoms with E-state index in [-0.39, 0.29) is 23.3 Å². The van der Waals surface area contributed by atoms with Crippen LogP contribution in [0, 0.1) is 17.7 Å². The Bertz CT molecular complexity index is 1000. The zero-order valence-corrected chi connectivity index (χ0v) is 19.7. The number of piperidine rings is 1. The molecule has 2 N–H and O–H groups in total. The molecule has 0 aliphatic carbocycles. The topological polar surface area (TPSA) is 78.5 Å². The number of carbonyl (C=O) groups is 1. The molecule has 3 rings (SSSR count). The van der Waals surface area contributed by atoms with Crippen molar-refractivity contribution in [1.82, 2.24) is 10.2 Å². The minimum atomic E-state index is -3.80. The maximum atomic E-state index is 13.0. The molecule has 1 heterocycles. The monoisotopic (exact) mass is 461 g/mol. The molecule has 8 heteroatoms. The van der Waals surface area contributed by atoms with Crippen molar-refractivity contribution < 1.29 is 17.6 Å². The van der Waals surface area contributed by atoms with Crippen molar-refractivity contribution in [2.75, 3.05) is 24.4 Å². The average molecular weight is 462 g/mol. The Morgan fingerprint density at radius 2 is 1.66 bits per heavy atom. The van der Waals surface area contributed by atoms with Gasteiger partial charge in [0.1, 0.15) is 5.82 Å². The van der Waals surface area contributed by atoms with Gasteiger partial charge in [-0.05, 0) is 67.1 Å². The molecule has 174 valence electrons. The SMILES string of the molecule is CC1CC(C)CN(CC(C)NC(=O)Cc2ccc(NS(=O)(=O)c3ccc(F)cc3)cc2)C1. The van der Waals surface area contributed by atoms with Gasteiger partial charge in [0.05, 0.1) is 11.3 Å². The lowest BCUT2D eigenvalue weighted by Crippen LogP contribution is -2.47. The molecule has 6 nitrogen and oxygen atoms in total. The summed E-state index contributed by atoms with van der Waals surface area (Å²) in [5.41, 5.74) is 1.17. The fourth-order valence-electron chi connectivity index (χ4n) is 4.40. The highest BCUT2D eigenvalue weighted by Gasteiger charge is 2.23. The first kappa shape index (κ1) is 24.2. The maximum absolute atomic E-state index is 13.0. The number of carbonyl (C=O) groups excluding carboxylic acids is 1. The van der Waals surface area contributed by atoms with Crippen molar-refractivity contribution in [3.63, 3.8) is 0 Å². The first-order valence-corrected chi connectivity index (χ1v) is 12.5. The number of amides is 1. The lowest BCUT2D eigenvalue weighted by Gasteiger charge is -2.36. The van der Waals surface area contributed by atoms with Gasteiger partial charge in [-0.1, -0.05) is 26.0 Å². The van der Waals surface area contributed by atoms with Gasteiger partial charge in [0, 0.05) is 31.4 Å². The van der Waals surface area contributed by atoms with Crippen molar-refractivity contribution >= 4 is 21.6 Å². The molecule has 0 bridgehead atoms. The molecule has 0 saturated carbocycles. The maximum Gasteiger partial charge on any atom is 0.261 e. The number of nitrogens with one attached hydrogen (secondary N) is 2. The number of anilines is 1. The Hall–Kier alpha value is -2.45. The normalized spacial score (nSPS) is 20.5. The molecule has 1 aliphatic rings. The standard InChI is InChI=1S/C24H32FN3O3S/c1-17-12-18(2)15-28(14-17)16-19(3)26-24(29)13-20-4-8-22(9-5-20)27-32(30,31)23-10-6-21(25)7-11-23/h4-11,17-19,27H,12-16H2,1-3H3,(H,26,29). The van der Waals surface area contributed by atoms with Crippen LogP contribution in [0.2, 0.25) is 0 Å². The van der Waals surface area contributed by atoms with Gasteiger partial charge in [-0.2, -0.15) is 0 Å². The van der Waals surface area contributed by atoms with Gasteiger partial charge in [-0.15, -0.1) is 0 Å². The van der Waals surface area contributed by atoms with E-state index in [9.17, 15) is 17.6 Å². The van der Waals surface area contributed by atoms with E-state index in [0.29, 0.717) is 17.5 Å². The molecule has 0 aromatic heterocycles. The van der Waals surface area contributed by atoms with E-state index in [4.69, 9.17) is 0 Å². The van der Waals surface area contributed by atoms with E-state index in [1.165, 1.54) is 18.6 Å². The van der Waals surface area contributed by atoms with Gasteiger partial charge in [-0.25, -0.2) is 12.8 Å². The smallest absolute Gasteiger partial charge is 0.261 e. The van der Waals surface area contributed by atoms with Crippen molar-refractivity contribution in [3.05, 3.63) is 59.9 Å². The van der Waals surface area contributed by atoms with Crippen LogP contribution < -0.4 is 10.0 Å². The molecule has 1 fully saturated rings. The molecular weight excluding hydrogens is 429 g/mol. The number of sulfonamides is 1. The highest BCUT2D eigenvalue weighted by atomic mass is 32.2. The number of benzene rings is 2. The van der Waals surface area contributed by atoms with Gasteiger partial charge < -0.3 is 10.2 Å². The van der Waals surface area contributed by atoms with Crippen LogP contribution in [0.1, 0.15) is 32.8 Å². The highest BCUT2D eigenvalue weighted by molar-refractivity contribution is 7.92. The van der Waals surface area contributed by atoms with Gasteiger partial charge in [0.25, 0.3) is 10.0 Å². The van der Waals surface area contributed by atoms with Crippen molar-refractivity contribution in [3.8, 4) is 0 Å². The molecule has 1 amide bonds. The molecule has 1 aliphatic heterocycles. The van der Waals surface area contributed by atoms with Crippen LogP contribution in [-0.4, -0.2) is 44.9 Å². The van der Waals surface area contributed by atoms with Gasteiger partial charge >= 0.3 is 0 Å². The Morgan fingerprint density at radius 3 is 2.25 bits per heavy atom. The zero-order chi connectivity index (χ0) is 23.3. The zero-order valence-electron chi connectivity index (χ0n) is 18.8. The highest BCUT2D eigenvalue weighted by Crippen LogP contribution is 2.21. The Balaban J connectivity index is 1.50. The third-order valence-electron chi connectivity index (χ3n) is 5.58. The molecule has 32 heavy (non-hydrogen) atoms. The molecule has 3 atom stereocenters. The summed E-state index contributed by atoms with van der Waals surface area (Å²) in [7, 11) is -3.80. The van der Waals surface area contributed by atoms with Crippen LogP contribution in [0.4, 0.5) is 10.1 Å². The van der Waals surface area contributed by atoms with Gasteiger partial charge in [0.15, 0.2) is 0 Å². The van der Waals surface area contributed by atoms with Crippen LogP contribution in [-0.2, 0) is 21.2 Å². The summed E-state index contributed by atoms with van der Waals surface area (Å²) in [6, 6.07) is 11.4. The molecular formula is C24H32FN3O3S. The molecule has 0 spiro atoms. The van der Waals surface area contributed by atoms with Crippen LogP contribution >= 0.6 is 0 Å². The summed E-state index contributed by atoms with van der Waals surface area (Å²) in [5, 5.41) is 3.06. The predicted molar refractivity (Wildman–Crippen MR) is 124 cm³/mol. The van der Waals surface area contributed by atoms with Crippen LogP contribution in [0.25, 0.3) is 0 Å². The van der Waals surface area contributed by atoms with Gasteiger partial charge in [0.2, 0.25) is 5.91 Å². The van der Waals surface area contributed by atoms with E-state index >= 15 is 0 Å². The fourth-order valence-corrected chi connectivity index (χ4v) is 5.46. The summed E-state index contributed by atoms with van der Waals surface area (Å²) in [6.07, 6.45) is 1.48. The number of halogens is 1. The van der Waals surface area contributed by atoms with Crippen molar-refractivity contribution in [1.29, 1.82) is 0 Å². The largest absolute Gasteiger partial charge is 0.352 e. The Kier molecular flexibility index (Phi) is 7.90. The van der Waals surface area contributed by atoms with E-state index in [1.54, 1.807) is 24.3 Å². The molecule has 1 saturated heterocycles. The van der Waals surface area contributed by atoms with Crippen LogP contribution in [0.5, 0.6) is 0 Å². The quantitative estimate of drug-likeness (QED) is 0.629. The summed E-state index contributed by atoms with van der Waals surface area (Å²) >= 11 is 0. The average Bonchev–Trinajstić information content (AvgIpc) is 2.68. The second kappa shape index (κ2) is 10.4.